The summed E-state index contributed by atoms with van der Waals surface area (Å²) < 4.78 is 0. The molecule has 0 N–H and O–H groups in total. The standard InChI is InChI=1S/C11H19N.2C2H6/c1-5-8-9-11(7-3)12(4)10-6-2;2*1-2/h5,7-9H,3,6,10H2,1-2,4H3;2*1-2H3/b8-5-,11-9+;;. The molecule has 0 amide bonds. The van der Waals surface area contributed by atoms with Gasteiger partial charge in [-0.2, -0.15) is 0 Å². The van der Waals surface area contributed by atoms with Crippen molar-refractivity contribution >= 4 is 0 Å². The van der Waals surface area contributed by atoms with E-state index in [1.165, 1.54) is 5.70 Å². The molecule has 0 fully saturated rings. The SMILES string of the molecule is C=C/C(=C\C=C/C)N(C)CCC.CC.CC. The van der Waals surface area contributed by atoms with E-state index in [-0.39, 0.29) is 0 Å². The first-order valence-corrected chi connectivity index (χ1v) is 6.42. The summed E-state index contributed by atoms with van der Waals surface area (Å²) >= 11 is 0. The van der Waals surface area contributed by atoms with E-state index in [1.54, 1.807) is 0 Å². The average Bonchev–Trinajstić information content (AvgIpc) is 2.35. The van der Waals surface area contributed by atoms with Crippen LogP contribution in [0.15, 0.2) is 36.6 Å². The Morgan fingerprint density at radius 3 is 2.00 bits per heavy atom. The van der Waals surface area contributed by atoms with Crippen molar-refractivity contribution in [1.29, 1.82) is 0 Å². The summed E-state index contributed by atoms with van der Waals surface area (Å²) in [5.74, 6) is 0. The number of allylic oxidation sites excluding steroid dienone is 4. The Kier molecular flexibility index (Phi) is 25.0. The highest BCUT2D eigenvalue weighted by molar-refractivity contribution is 5.20. The van der Waals surface area contributed by atoms with Crippen LogP contribution in [0.25, 0.3) is 0 Å². The summed E-state index contributed by atoms with van der Waals surface area (Å²) in [5, 5.41) is 0. The van der Waals surface area contributed by atoms with Crippen LogP contribution in [0.3, 0.4) is 0 Å². The van der Waals surface area contributed by atoms with E-state index in [4.69, 9.17) is 0 Å². The fourth-order valence-corrected chi connectivity index (χ4v) is 1.01. The molecule has 0 aromatic carbocycles. The lowest BCUT2D eigenvalue weighted by molar-refractivity contribution is 0.430. The van der Waals surface area contributed by atoms with Crippen LogP contribution in [0.5, 0.6) is 0 Å². The minimum absolute atomic E-state index is 1.08. The van der Waals surface area contributed by atoms with Crippen LogP contribution >= 0.6 is 0 Å². The quantitative estimate of drug-likeness (QED) is 0.593. The van der Waals surface area contributed by atoms with Gasteiger partial charge in [0, 0.05) is 19.3 Å². The van der Waals surface area contributed by atoms with Gasteiger partial charge in [-0.3, -0.25) is 0 Å². The van der Waals surface area contributed by atoms with Crippen LogP contribution in [0.4, 0.5) is 0 Å². The predicted molar refractivity (Wildman–Crippen MR) is 78.7 cm³/mol. The van der Waals surface area contributed by atoms with Crippen molar-refractivity contribution in [2.45, 2.75) is 48.0 Å². The second kappa shape index (κ2) is 19.6. The third-order valence-corrected chi connectivity index (χ3v) is 1.67. The molecule has 0 bridgehead atoms. The molecule has 96 valence electrons. The van der Waals surface area contributed by atoms with Crippen molar-refractivity contribution in [1.82, 2.24) is 4.90 Å². The van der Waals surface area contributed by atoms with Crippen LogP contribution in [-0.4, -0.2) is 18.5 Å². The zero-order valence-electron chi connectivity index (χ0n) is 12.4. The summed E-state index contributed by atoms with van der Waals surface area (Å²) in [5.41, 5.74) is 1.18. The van der Waals surface area contributed by atoms with Gasteiger partial charge in [0.25, 0.3) is 0 Å². The number of hydrogen-bond donors (Lipinski definition) is 0. The molecular weight excluding hydrogens is 194 g/mol. The molecule has 0 saturated carbocycles. The smallest absolute Gasteiger partial charge is 0.0357 e. The van der Waals surface area contributed by atoms with Crippen molar-refractivity contribution < 1.29 is 0 Å². The zero-order valence-corrected chi connectivity index (χ0v) is 12.4. The summed E-state index contributed by atoms with van der Waals surface area (Å²) in [6, 6.07) is 0. The first kappa shape index (κ1) is 20.4. The third kappa shape index (κ3) is 13.0. The molecule has 0 saturated heterocycles. The lowest BCUT2D eigenvalue weighted by atomic mass is 10.3. The van der Waals surface area contributed by atoms with E-state index in [1.807, 2.05) is 52.8 Å². The molecule has 0 aromatic heterocycles. The van der Waals surface area contributed by atoms with Crippen molar-refractivity contribution in [3.05, 3.63) is 36.6 Å². The van der Waals surface area contributed by atoms with Gasteiger partial charge in [-0.25, -0.2) is 0 Å². The topological polar surface area (TPSA) is 3.24 Å². The first-order chi connectivity index (χ1) is 7.76. The maximum absolute atomic E-state index is 3.77. The molecule has 0 aliphatic carbocycles. The van der Waals surface area contributed by atoms with Crippen LogP contribution in [-0.2, 0) is 0 Å². The minimum atomic E-state index is 1.08. The molecule has 0 aromatic rings. The normalized spacial score (nSPS) is 9.81. The fraction of sp³-hybridized carbons (Fsp3) is 0.600. The highest BCUT2D eigenvalue weighted by Gasteiger charge is 1.95. The van der Waals surface area contributed by atoms with Gasteiger partial charge in [0.05, 0.1) is 0 Å². The van der Waals surface area contributed by atoms with Gasteiger partial charge in [-0.15, -0.1) is 0 Å². The molecule has 0 aliphatic rings. The first-order valence-electron chi connectivity index (χ1n) is 6.42. The number of hydrogen-bond acceptors (Lipinski definition) is 1. The van der Waals surface area contributed by atoms with Crippen molar-refractivity contribution in [3.63, 3.8) is 0 Å². The van der Waals surface area contributed by atoms with Gasteiger partial charge < -0.3 is 4.90 Å². The average molecular weight is 225 g/mol. The number of likely N-dealkylation sites (N-methyl/N-ethyl adjacent to an activating group) is 1. The van der Waals surface area contributed by atoms with Gasteiger partial charge in [0.1, 0.15) is 0 Å². The van der Waals surface area contributed by atoms with Crippen LogP contribution in [0, 0.1) is 0 Å². The summed E-state index contributed by atoms with van der Waals surface area (Å²) in [6.45, 7) is 17.0. The molecule has 0 radical (unpaired) electrons. The Morgan fingerprint density at radius 1 is 1.19 bits per heavy atom. The highest BCUT2D eigenvalue weighted by atomic mass is 15.1. The van der Waals surface area contributed by atoms with Gasteiger partial charge in [-0.05, 0) is 25.5 Å². The van der Waals surface area contributed by atoms with E-state index in [0.717, 1.165) is 13.0 Å². The molecule has 1 heteroatoms. The Hall–Kier alpha value is -0.980. The molecule has 1 nitrogen and oxygen atoms in total. The fourth-order valence-electron chi connectivity index (χ4n) is 1.01. The lowest BCUT2D eigenvalue weighted by Gasteiger charge is -2.18. The van der Waals surface area contributed by atoms with Gasteiger partial charge >= 0.3 is 0 Å². The summed E-state index contributed by atoms with van der Waals surface area (Å²) in [4.78, 5) is 2.20. The zero-order chi connectivity index (χ0) is 13.4. The predicted octanol–water partition coefficient (Wildman–Crippen LogP) is 5.03. The number of nitrogens with zero attached hydrogens (tertiary/aromatic N) is 1. The second-order valence-electron chi connectivity index (χ2n) is 2.74. The van der Waals surface area contributed by atoms with E-state index >= 15 is 0 Å². The molecule has 0 unspecified atom stereocenters. The van der Waals surface area contributed by atoms with Crippen molar-refractivity contribution in [2.24, 2.45) is 0 Å². The van der Waals surface area contributed by atoms with Crippen LogP contribution in [0.1, 0.15) is 48.0 Å². The summed E-state index contributed by atoms with van der Waals surface area (Å²) in [7, 11) is 2.08. The van der Waals surface area contributed by atoms with Gasteiger partial charge in [0.2, 0.25) is 0 Å². The molecule has 0 atom stereocenters. The van der Waals surface area contributed by atoms with Crippen molar-refractivity contribution in [2.75, 3.05) is 13.6 Å². The van der Waals surface area contributed by atoms with Crippen molar-refractivity contribution in [3.8, 4) is 0 Å². The monoisotopic (exact) mass is 225 g/mol. The van der Waals surface area contributed by atoms with E-state index in [9.17, 15) is 0 Å². The highest BCUT2D eigenvalue weighted by Crippen LogP contribution is 2.03. The third-order valence-electron chi connectivity index (χ3n) is 1.67. The molecule has 0 spiro atoms. The largest absolute Gasteiger partial charge is 0.375 e. The van der Waals surface area contributed by atoms with E-state index in [2.05, 4.69) is 31.5 Å². The van der Waals surface area contributed by atoms with Crippen LogP contribution < -0.4 is 0 Å². The molecular formula is C15H31N. The summed E-state index contributed by atoms with van der Waals surface area (Å²) in [6.07, 6.45) is 9.17. The molecule has 0 rings (SSSR count). The molecule has 0 aliphatic heterocycles. The lowest BCUT2D eigenvalue weighted by Crippen LogP contribution is -2.16. The second-order valence-corrected chi connectivity index (χ2v) is 2.74. The Morgan fingerprint density at radius 2 is 1.69 bits per heavy atom. The molecule has 16 heavy (non-hydrogen) atoms. The Bertz CT molecular complexity index is 178. The van der Waals surface area contributed by atoms with Gasteiger partial charge in [0.15, 0.2) is 0 Å². The van der Waals surface area contributed by atoms with Crippen LogP contribution in [0.2, 0.25) is 0 Å². The van der Waals surface area contributed by atoms with E-state index in [0.29, 0.717) is 0 Å². The maximum Gasteiger partial charge on any atom is 0.0357 e. The van der Waals surface area contributed by atoms with E-state index < -0.39 is 0 Å². The van der Waals surface area contributed by atoms with Gasteiger partial charge in [-0.1, -0.05) is 53.3 Å². The maximum atomic E-state index is 3.77. The Balaban J connectivity index is -0.000000376. The Labute approximate surface area is 104 Å². The molecule has 0 heterocycles. The number of rotatable bonds is 5. The minimum Gasteiger partial charge on any atom is -0.375 e.